The molecule has 1 heterocycles. The molecule has 1 aliphatic heterocycles. The zero-order valence-electron chi connectivity index (χ0n) is 14.7. The third kappa shape index (κ3) is 6.16. The summed E-state index contributed by atoms with van der Waals surface area (Å²) < 4.78 is 9.97. The van der Waals surface area contributed by atoms with Gasteiger partial charge < -0.3 is 24.3 Å². The van der Waals surface area contributed by atoms with E-state index in [1.807, 2.05) is 0 Å². The molecule has 0 aliphatic carbocycles. The Labute approximate surface area is 204 Å². The van der Waals surface area contributed by atoms with E-state index in [0.29, 0.717) is 22.3 Å². The fourth-order valence-electron chi connectivity index (χ4n) is 2.28. The average Bonchev–Trinajstić information content (AvgIpc) is 2.58. The molecule has 0 saturated carbocycles. The maximum atomic E-state index is 12.2. The Hall–Kier alpha value is -0.742. The van der Waals surface area contributed by atoms with Gasteiger partial charge in [0, 0.05) is 65.4 Å². The number of ether oxygens (including phenoxy) is 2. The first kappa shape index (κ1) is 27.5. The zero-order valence-corrected chi connectivity index (χ0v) is 20.4. The van der Waals surface area contributed by atoms with Crippen LogP contribution >= 0.6 is 0 Å². The van der Waals surface area contributed by atoms with Crippen LogP contribution in [-0.2, 0) is 79.7 Å². The Morgan fingerprint density at radius 1 is 0.577 bits per heavy atom. The number of hydrogen-bond donors (Lipinski definition) is 0. The monoisotopic (exact) mass is 504 g/mol. The van der Waals surface area contributed by atoms with Crippen LogP contribution < -0.4 is 0 Å². The van der Waals surface area contributed by atoms with Gasteiger partial charge in [0.15, 0.2) is 13.2 Å². The summed E-state index contributed by atoms with van der Waals surface area (Å²) in [6.45, 7) is -0.840. The van der Waals surface area contributed by atoms with Crippen molar-refractivity contribution >= 4 is 17.7 Å². The maximum Gasteiger partial charge on any atom is 0.339 e. The Morgan fingerprint density at radius 3 is 1.23 bits per heavy atom. The molecule has 3 rings (SSSR count). The van der Waals surface area contributed by atoms with Crippen molar-refractivity contribution < 1.29 is 89.3 Å². The van der Waals surface area contributed by atoms with Crippen molar-refractivity contribution in [3.63, 3.8) is 0 Å². The normalized spacial score (nSPS) is 12.7. The maximum absolute atomic E-state index is 12.2. The van der Waals surface area contributed by atoms with E-state index in [2.05, 4.69) is 0 Å². The first-order chi connectivity index (χ1) is 10.7. The number of fused-ring (bicyclic) bond motifs is 3. The minimum Gasteiger partial charge on any atom is -0.454 e. The summed E-state index contributed by atoms with van der Waals surface area (Å²) in [4.78, 5) is 35.9. The fraction of sp³-hybridized carbons (Fsp3) is 0.105. The quantitative estimate of drug-likeness (QED) is 0.408. The van der Waals surface area contributed by atoms with Crippen LogP contribution in [0.1, 0.15) is 20.7 Å². The van der Waals surface area contributed by atoms with Gasteiger partial charge >= 0.3 is 11.9 Å². The molecule has 0 atom stereocenters. The van der Waals surface area contributed by atoms with E-state index in [9.17, 15) is 14.4 Å². The van der Waals surface area contributed by atoms with Gasteiger partial charge in [-0.1, -0.05) is 36.4 Å². The minimum absolute atomic E-state index is 0. The van der Waals surface area contributed by atoms with Gasteiger partial charge in [0.1, 0.15) is 0 Å². The molecule has 0 amide bonds. The van der Waals surface area contributed by atoms with Crippen LogP contribution in [-0.4, -0.2) is 30.9 Å². The molecule has 2 aromatic rings. The summed E-state index contributed by atoms with van der Waals surface area (Å²) in [7, 11) is 0. The molecule has 7 heteroatoms. The largest absolute Gasteiger partial charge is 0.454 e. The zero-order chi connectivity index (χ0) is 15.5. The van der Waals surface area contributed by atoms with E-state index in [1.54, 1.807) is 48.5 Å². The topological polar surface area (TPSA) is 69.7 Å². The summed E-state index contributed by atoms with van der Waals surface area (Å²) in [5.41, 5.74) is 1.73. The van der Waals surface area contributed by atoms with Crippen LogP contribution in [0, 0.1) is 14.9 Å². The number of hydrogen-bond acceptors (Lipinski definition) is 5. The van der Waals surface area contributed by atoms with Gasteiger partial charge in [0.2, 0.25) is 5.78 Å². The molecule has 0 N–H and O–H groups in total. The molecular weight excluding hydrogens is 486 g/mol. The molecule has 132 valence electrons. The van der Waals surface area contributed by atoms with Crippen molar-refractivity contribution in [2.24, 2.45) is 0 Å². The summed E-state index contributed by atoms with van der Waals surface area (Å²) in [5, 5.41) is 0. The van der Waals surface area contributed by atoms with Gasteiger partial charge in [0.05, 0.1) is 11.1 Å². The number of carbonyl (C=O) groups excluding carboxylic acids is 3. The predicted octanol–water partition coefficient (Wildman–Crippen LogP) is 3.15. The fourth-order valence-corrected chi connectivity index (χ4v) is 2.28. The van der Waals surface area contributed by atoms with Crippen molar-refractivity contribution in [1.29, 1.82) is 0 Å². The van der Waals surface area contributed by atoms with Crippen molar-refractivity contribution in [1.82, 2.24) is 0 Å². The van der Waals surface area contributed by atoms with Gasteiger partial charge in [-0.3, -0.25) is 4.79 Å². The van der Waals surface area contributed by atoms with Crippen LogP contribution in [0.5, 0.6) is 0 Å². The van der Waals surface area contributed by atoms with Gasteiger partial charge in [0.25, 0.3) is 0 Å². The van der Waals surface area contributed by atoms with Crippen LogP contribution in [0.25, 0.3) is 11.1 Å². The van der Waals surface area contributed by atoms with Crippen molar-refractivity contribution in [2.45, 2.75) is 0 Å². The van der Waals surface area contributed by atoms with Gasteiger partial charge in [-0.2, -0.15) is 0 Å². The third-order valence-electron chi connectivity index (χ3n) is 3.31. The molecule has 0 fully saturated rings. The number of benzene rings is 2. The first-order valence-corrected chi connectivity index (χ1v) is 6.71. The van der Waals surface area contributed by atoms with E-state index < -0.39 is 30.9 Å². The molecule has 1 aliphatic rings. The van der Waals surface area contributed by atoms with Gasteiger partial charge in [-0.25, -0.2) is 9.59 Å². The van der Waals surface area contributed by atoms with Crippen LogP contribution in [0.4, 0.5) is 0 Å². The molecule has 0 bridgehead atoms. The Morgan fingerprint density at radius 2 is 0.885 bits per heavy atom. The van der Waals surface area contributed by atoms with Crippen molar-refractivity contribution in [3.05, 3.63) is 74.5 Å². The van der Waals surface area contributed by atoms with E-state index >= 15 is 0 Å². The summed E-state index contributed by atoms with van der Waals surface area (Å²) >= 11 is 0. The van der Waals surface area contributed by atoms with Gasteiger partial charge in [-0.05, 0) is 23.3 Å². The number of rotatable bonds is 0. The molecular formula is C19H18O5Y2-2. The molecule has 0 unspecified atom stereocenters. The number of carbonyl (C=O) groups is 3. The Bertz CT molecular complexity index is 711. The summed E-state index contributed by atoms with van der Waals surface area (Å²) in [6.07, 6.45) is 0. The molecule has 0 aromatic heterocycles. The number of cyclic esters (lactones) is 2. The molecule has 26 heavy (non-hydrogen) atoms. The summed E-state index contributed by atoms with van der Waals surface area (Å²) in [5.74, 6) is -1.68. The second-order valence-corrected chi connectivity index (χ2v) is 4.78. The third-order valence-corrected chi connectivity index (χ3v) is 3.31. The van der Waals surface area contributed by atoms with E-state index in [-0.39, 0.29) is 80.3 Å². The molecule has 0 saturated heterocycles. The predicted molar refractivity (Wildman–Crippen MR) is 90.3 cm³/mol. The van der Waals surface area contributed by atoms with Crippen LogP contribution in [0.15, 0.2) is 48.5 Å². The van der Waals surface area contributed by atoms with Gasteiger partial charge in [-0.15, -0.1) is 0 Å². The van der Waals surface area contributed by atoms with E-state index in [4.69, 9.17) is 9.47 Å². The number of esters is 2. The molecule has 5 nitrogen and oxygen atoms in total. The molecule has 0 spiro atoms. The van der Waals surface area contributed by atoms with E-state index in [1.165, 1.54) is 0 Å². The van der Waals surface area contributed by atoms with Crippen LogP contribution in [0.3, 0.4) is 0 Å². The van der Waals surface area contributed by atoms with Crippen molar-refractivity contribution in [2.75, 3.05) is 13.2 Å². The summed E-state index contributed by atoms with van der Waals surface area (Å²) in [6, 6.07) is 13.6. The second kappa shape index (κ2) is 12.6. The van der Waals surface area contributed by atoms with E-state index in [0.717, 1.165) is 0 Å². The minimum atomic E-state index is -0.604. The Kier molecular flexibility index (Phi) is 13.3. The first-order valence-electron chi connectivity index (χ1n) is 6.71. The Balaban J connectivity index is 0. The smallest absolute Gasteiger partial charge is 0.339 e. The average molecular weight is 504 g/mol. The molecule has 2 aromatic carbocycles. The number of ketones is 1. The number of Topliss-reactive ketones (excluding diaryl/α,β-unsaturated/α-hetero) is 1. The SMILES string of the molecule is O=C1COC(=O)c2ccccc2-c2ccccc2C(=O)OC1.[CH3-].[CH3-].[Y].[Y]. The molecule has 2 radical (unpaired) electrons. The van der Waals surface area contributed by atoms with Crippen molar-refractivity contribution in [3.8, 4) is 11.1 Å². The van der Waals surface area contributed by atoms with Crippen LogP contribution in [0.2, 0.25) is 0 Å². The second-order valence-electron chi connectivity index (χ2n) is 4.78. The standard InChI is InChI=1S/C17H12O5.2CH3.2Y/c18-11-9-21-16(19)14-7-3-1-5-12(14)13-6-2-4-8-15(13)17(20)22-10-11;;;;/h1-8H,9-10H2;2*1H3;;/q;2*-1;;.